The van der Waals surface area contributed by atoms with E-state index < -0.39 is 0 Å². The van der Waals surface area contributed by atoms with Crippen LogP contribution < -0.4 is 10.6 Å². The standard InChI is InChI=1S/C19H31N3O/c1-2-3-4-5-12-21-15-16-6-8-17(9-7-16)19(23)22-18-10-13-20-14-11-18/h10-11,13-14,16-17,21H,2-9,12,15H2,1H3,(H,20,22,23). The molecule has 2 N–H and O–H groups in total. The summed E-state index contributed by atoms with van der Waals surface area (Å²) in [5.74, 6) is 1.08. The Balaban J connectivity index is 1.59. The first-order valence-electron chi connectivity index (χ1n) is 9.21. The molecule has 0 atom stereocenters. The van der Waals surface area contributed by atoms with Crippen LogP contribution in [0.25, 0.3) is 0 Å². The fraction of sp³-hybridized carbons (Fsp3) is 0.684. The quantitative estimate of drug-likeness (QED) is 0.677. The first-order valence-corrected chi connectivity index (χ1v) is 9.21. The molecule has 23 heavy (non-hydrogen) atoms. The minimum atomic E-state index is 0.169. The molecule has 1 aliphatic carbocycles. The fourth-order valence-corrected chi connectivity index (χ4v) is 3.29. The number of amides is 1. The van der Waals surface area contributed by atoms with E-state index in [9.17, 15) is 4.79 Å². The van der Waals surface area contributed by atoms with E-state index in [-0.39, 0.29) is 11.8 Å². The minimum Gasteiger partial charge on any atom is -0.326 e. The predicted molar refractivity (Wildman–Crippen MR) is 95.3 cm³/mol. The third-order valence-electron chi connectivity index (χ3n) is 4.81. The SMILES string of the molecule is CCCCCCNCC1CCC(C(=O)Nc2ccncc2)CC1. The third kappa shape index (κ3) is 6.69. The lowest BCUT2D eigenvalue weighted by Crippen LogP contribution is -2.31. The summed E-state index contributed by atoms with van der Waals surface area (Å²) in [7, 11) is 0. The van der Waals surface area contributed by atoms with Gasteiger partial charge in [-0.15, -0.1) is 0 Å². The van der Waals surface area contributed by atoms with Crippen LogP contribution in [0.1, 0.15) is 58.3 Å². The maximum Gasteiger partial charge on any atom is 0.227 e. The van der Waals surface area contributed by atoms with Gasteiger partial charge in [0.2, 0.25) is 5.91 Å². The van der Waals surface area contributed by atoms with Crippen LogP contribution in [0.4, 0.5) is 5.69 Å². The summed E-state index contributed by atoms with van der Waals surface area (Å²) in [6.07, 6.45) is 13.0. The Bertz CT molecular complexity index is 441. The highest BCUT2D eigenvalue weighted by molar-refractivity contribution is 5.92. The summed E-state index contributed by atoms with van der Waals surface area (Å²) < 4.78 is 0. The second-order valence-electron chi connectivity index (χ2n) is 6.71. The van der Waals surface area contributed by atoms with Crippen molar-refractivity contribution in [3.8, 4) is 0 Å². The molecular formula is C19H31N3O. The lowest BCUT2D eigenvalue weighted by Gasteiger charge is -2.28. The zero-order valence-corrected chi connectivity index (χ0v) is 14.4. The molecule has 1 aliphatic rings. The van der Waals surface area contributed by atoms with Crippen molar-refractivity contribution in [2.75, 3.05) is 18.4 Å². The molecule has 0 unspecified atom stereocenters. The Hall–Kier alpha value is -1.42. The monoisotopic (exact) mass is 317 g/mol. The van der Waals surface area contributed by atoms with Gasteiger partial charge < -0.3 is 10.6 Å². The lowest BCUT2D eigenvalue weighted by atomic mass is 9.81. The van der Waals surface area contributed by atoms with E-state index in [4.69, 9.17) is 0 Å². The van der Waals surface area contributed by atoms with Crippen molar-refractivity contribution in [1.82, 2.24) is 10.3 Å². The van der Waals surface area contributed by atoms with Crippen LogP contribution in [0.2, 0.25) is 0 Å². The van der Waals surface area contributed by atoms with Gasteiger partial charge in [-0.1, -0.05) is 26.2 Å². The Morgan fingerprint density at radius 3 is 2.57 bits per heavy atom. The van der Waals surface area contributed by atoms with Gasteiger partial charge in [-0.25, -0.2) is 0 Å². The van der Waals surface area contributed by atoms with Crippen LogP contribution in [0.3, 0.4) is 0 Å². The Morgan fingerprint density at radius 1 is 1.13 bits per heavy atom. The van der Waals surface area contributed by atoms with Crippen molar-refractivity contribution >= 4 is 11.6 Å². The van der Waals surface area contributed by atoms with Gasteiger partial charge in [-0.2, -0.15) is 0 Å². The molecular weight excluding hydrogens is 286 g/mol. The second kappa shape index (κ2) is 10.4. The molecule has 1 fully saturated rings. The minimum absolute atomic E-state index is 0.169. The molecule has 2 rings (SSSR count). The van der Waals surface area contributed by atoms with E-state index in [2.05, 4.69) is 22.5 Å². The summed E-state index contributed by atoms with van der Waals surface area (Å²) >= 11 is 0. The number of nitrogens with zero attached hydrogens (tertiary/aromatic N) is 1. The number of hydrogen-bond donors (Lipinski definition) is 2. The third-order valence-corrected chi connectivity index (χ3v) is 4.81. The lowest BCUT2D eigenvalue weighted by molar-refractivity contribution is -0.121. The van der Waals surface area contributed by atoms with Gasteiger partial charge in [0.15, 0.2) is 0 Å². The molecule has 0 spiro atoms. The van der Waals surface area contributed by atoms with Crippen LogP contribution in [-0.4, -0.2) is 24.0 Å². The van der Waals surface area contributed by atoms with Gasteiger partial charge in [-0.05, 0) is 63.2 Å². The van der Waals surface area contributed by atoms with E-state index in [1.54, 1.807) is 12.4 Å². The smallest absolute Gasteiger partial charge is 0.227 e. The molecule has 0 saturated heterocycles. The van der Waals surface area contributed by atoms with Crippen molar-refractivity contribution in [3.63, 3.8) is 0 Å². The van der Waals surface area contributed by atoms with Crippen LogP contribution in [0.5, 0.6) is 0 Å². The van der Waals surface area contributed by atoms with Crippen molar-refractivity contribution in [2.45, 2.75) is 58.3 Å². The molecule has 1 saturated carbocycles. The van der Waals surface area contributed by atoms with Gasteiger partial charge in [0, 0.05) is 24.0 Å². The molecule has 4 heteroatoms. The number of nitrogens with one attached hydrogen (secondary N) is 2. The number of carbonyl (C=O) groups excluding carboxylic acids is 1. The molecule has 1 heterocycles. The maximum atomic E-state index is 12.3. The number of aromatic nitrogens is 1. The summed E-state index contributed by atoms with van der Waals surface area (Å²) in [4.78, 5) is 16.3. The van der Waals surface area contributed by atoms with E-state index in [0.717, 1.165) is 50.4 Å². The van der Waals surface area contributed by atoms with Crippen molar-refractivity contribution in [3.05, 3.63) is 24.5 Å². The topological polar surface area (TPSA) is 54.0 Å². The molecule has 1 amide bonds. The summed E-state index contributed by atoms with van der Waals surface area (Å²) in [6.45, 7) is 4.50. The highest BCUT2D eigenvalue weighted by Crippen LogP contribution is 2.29. The highest BCUT2D eigenvalue weighted by atomic mass is 16.1. The van der Waals surface area contributed by atoms with Gasteiger partial charge in [0.05, 0.1) is 0 Å². The fourth-order valence-electron chi connectivity index (χ4n) is 3.29. The number of hydrogen-bond acceptors (Lipinski definition) is 3. The average molecular weight is 317 g/mol. The molecule has 1 aromatic rings. The molecule has 0 aliphatic heterocycles. The number of carbonyl (C=O) groups is 1. The van der Waals surface area contributed by atoms with E-state index in [1.165, 1.54) is 25.7 Å². The maximum absolute atomic E-state index is 12.3. The molecule has 0 radical (unpaired) electrons. The van der Waals surface area contributed by atoms with Gasteiger partial charge in [0.1, 0.15) is 0 Å². The van der Waals surface area contributed by atoms with Crippen LogP contribution in [-0.2, 0) is 4.79 Å². The van der Waals surface area contributed by atoms with Crippen LogP contribution >= 0.6 is 0 Å². The van der Waals surface area contributed by atoms with Crippen molar-refractivity contribution in [1.29, 1.82) is 0 Å². The predicted octanol–water partition coefficient (Wildman–Crippen LogP) is 4.00. The molecule has 4 nitrogen and oxygen atoms in total. The largest absolute Gasteiger partial charge is 0.326 e. The number of anilines is 1. The first-order chi connectivity index (χ1) is 11.3. The van der Waals surface area contributed by atoms with Crippen LogP contribution in [0.15, 0.2) is 24.5 Å². The van der Waals surface area contributed by atoms with E-state index >= 15 is 0 Å². The summed E-state index contributed by atoms with van der Waals surface area (Å²) in [5, 5.41) is 6.59. The molecule has 0 bridgehead atoms. The van der Waals surface area contributed by atoms with Crippen molar-refractivity contribution < 1.29 is 4.79 Å². The zero-order chi connectivity index (χ0) is 16.3. The van der Waals surface area contributed by atoms with Gasteiger partial charge >= 0.3 is 0 Å². The Kier molecular flexibility index (Phi) is 8.08. The highest BCUT2D eigenvalue weighted by Gasteiger charge is 2.26. The summed E-state index contributed by atoms with van der Waals surface area (Å²) in [5.41, 5.74) is 0.848. The van der Waals surface area contributed by atoms with E-state index in [0.29, 0.717) is 0 Å². The number of pyridine rings is 1. The average Bonchev–Trinajstić information content (AvgIpc) is 2.59. The summed E-state index contributed by atoms with van der Waals surface area (Å²) in [6, 6.07) is 3.68. The normalized spacial score (nSPS) is 21.1. The zero-order valence-electron chi connectivity index (χ0n) is 14.4. The molecule has 1 aromatic heterocycles. The van der Waals surface area contributed by atoms with Gasteiger partial charge in [0.25, 0.3) is 0 Å². The number of unbranched alkanes of at least 4 members (excludes halogenated alkanes) is 3. The Morgan fingerprint density at radius 2 is 1.87 bits per heavy atom. The second-order valence-corrected chi connectivity index (χ2v) is 6.71. The molecule has 128 valence electrons. The molecule has 0 aromatic carbocycles. The number of rotatable bonds is 9. The van der Waals surface area contributed by atoms with Crippen molar-refractivity contribution in [2.24, 2.45) is 11.8 Å². The van der Waals surface area contributed by atoms with Gasteiger partial charge in [-0.3, -0.25) is 9.78 Å². The van der Waals surface area contributed by atoms with E-state index in [1.807, 2.05) is 12.1 Å². The Labute approximate surface area is 140 Å². The van der Waals surface area contributed by atoms with Crippen LogP contribution in [0, 0.1) is 11.8 Å². The first kappa shape index (κ1) is 17.9.